The van der Waals surface area contributed by atoms with E-state index in [4.69, 9.17) is 18.9 Å². The molecule has 2 rings (SSSR count). The number of aliphatic hydroxyl groups is 1. The molecule has 0 radical (unpaired) electrons. The van der Waals surface area contributed by atoms with Crippen LogP contribution in [0.4, 0.5) is 4.79 Å². The number of aliphatic carboxylic acids is 1. The standard InChI is InChI=1S/C35H60IN3O9/c1-23(22-35(6,7)48-27(5)32(45-8)26(4)40)11-9-12-24(2)31-25(3)14-15-28(47-31)21-30(41)37-29(33(42)43)13-10-20-46-34(44)38-16-18-39(36)19-17-38/h9,11-12,23,25-29,31-32,40H,10,13-22H2,1-8H3,(H,37,41)(H,42,43)/b11-9+,24-12+/t23-,25+,26-,27?,28-,29-,31-,32+/m1/s1. The van der Waals surface area contributed by atoms with E-state index >= 15 is 0 Å². The van der Waals surface area contributed by atoms with Crippen LogP contribution < -0.4 is 5.32 Å². The third kappa shape index (κ3) is 15.0. The van der Waals surface area contributed by atoms with Crippen LogP contribution in [0, 0.1) is 11.8 Å². The van der Waals surface area contributed by atoms with Gasteiger partial charge in [-0.25, -0.2) is 12.7 Å². The van der Waals surface area contributed by atoms with E-state index in [0.29, 0.717) is 19.5 Å². The second-order valence-electron chi connectivity index (χ2n) is 14.0. The summed E-state index contributed by atoms with van der Waals surface area (Å²) < 4.78 is 25.5. The normalized spacial score (nSPS) is 24.5. The van der Waals surface area contributed by atoms with Gasteiger partial charge in [0.25, 0.3) is 0 Å². The minimum absolute atomic E-state index is 0.0808. The molecule has 0 bridgehead atoms. The van der Waals surface area contributed by atoms with Crippen molar-refractivity contribution >= 4 is 40.8 Å². The van der Waals surface area contributed by atoms with Gasteiger partial charge in [0.15, 0.2) is 0 Å². The number of carboxylic acid groups (broad SMARTS) is 1. The highest BCUT2D eigenvalue weighted by Gasteiger charge is 2.32. The Morgan fingerprint density at radius 1 is 1.12 bits per heavy atom. The number of piperazine rings is 1. The first kappa shape index (κ1) is 42.4. The van der Waals surface area contributed by atoms with Crippen LogP contribution in [0.15, 0.2) is 23.8 Å². The van der Waals surface area contributed by atoms with Crippen LogP contribution >= 0.6 is 22.9 Å². The summed E-state index contributed by atoms with van der Waals surface area (Å²) in [6.07, 6.45) is 7.05. The van der Waals surface area contributed by atoms with Gasteiger partial charge in [-0.3, -0.25) is 4.79 Å². The SMILES string of the molecule is CO[C@H](C(C)OC(C)(C)C[C@H](C)/C=C/C=C(\C)[C@H]1O[C@@H](CC(=O)N[C@H](CCCOC(=O)N2CCN(I)CC2)C(=O)O)CC[C@@H]1C)[C@@H](C)O. The van der Waals surface area contributed by atoms with Gasteiger partial charge in [0.2, 0.25) is 5.91 Å². The van der Waals surface area contributed by atoms with Gasteiger partial charge in [0.1, 0.15) is 12.1 Å². The first-order valence-corrected chi connectivity index (χ1v) is 18.2. The molecule has 48 heavy (non-hydrogen) atoms. The first-order chi connectivity index (χ1) is 22.5. The zero-order chi connectivity index (χ0) is 36.0. The molecule has 2 amide bonds. The molecule has 1 unspecified atom stereocenters. The molecule has 276 valence electrons. The molecule has 3 N–H and O–H groups in total. The fourth-order valence-electron chi connectivity index (χ4n) is 6.57. The van der Waals surface area contributed by atoms with Crippen molar-refractivity contribution in [2.75, 3.05) is 39.9 Å². The van der Waals surface area contributed by atoms with E-state index < -0.39 is 35.9 Å². The minimum atomic E-state index is -1.12. The summed E-state index contributed by atoms with van der Waals surface area (Å²) in [7, 11) is 1.58. The lowest BCUT2D eigenvalue weighted by Crippen LogP contribution is -2.45. The average molecular weight is 794 g/mol. The highest BCUT2D eigenvalue weighted by Crippen LogP contribution is 2.31. The molecule has 0 spiro atoms. The highest BCUT2D eigenvalue weighted by molar-refractivity contribution is 14.1. The number of rotatable bonds is 18. The smallest absolute Gasteiger partial charge is 0.409 e. The third-order valence-electron chi connectivity index (χ3n) is 8.97. The number of nitrogens with one attached hydrogen (secondary N) is 1. The van der Waals surface area contributed by atoms with Gasteiger partial charge in [-0.15, -0.1) is 0 Å². The molecule has 2 aliphatic heterocycles. The molecule has 8 atom stereocenters. The predicted octanol–water partition coefficient (Wildman–Crippen LogP) is 5.12. The molecule has 2 fully saturated rings. The van der Waals surface area contributed by atoms with E-state index in [9.17, 15) is 24.6 Å². The van der Waals surface area contributed by atoms with Crippen LogP contribution in [0.2, 0.25) is 0 Å². The molecule has 0 aromatic heterocycles. The van der Waals surface area contributed by atoms with Gasteiger partial charge in [-0.05, 0) is 84.1 Å². The summed E-state index contributed by atoms with van der Waals surface area (Å²) in [5, 5.41) is 22.3. The lowest BCUT2D eigenvalue weighted by Gasteiger charge is -2.35. The molecule has 0 aromatic carbocycles. The number of nitrogens with zero attached hydrogens (tertiary/aromatic N) is 2. The zero-order valence-electron chi connectivity index (χ0n) is 30.2. The second kappa shape index (κ2) is 20.8. The number of hydrogen-bond donors (Lipinski definition) is 3. The maximum absolute atomic E-state index is 12.9. The number of aliphatic hydroxyl groups excluding tert-OH is 1. The number of carboxylic acids is 1. The van der Waals surface area contributed by atoms with Gasteiger partial charge in [0.05, 0.1) is 43.0 Å². The lowest BCUT2D eigenvalue weighted by atomic mass is 9.88. The molecule has 2 saturated heterocycles. The number of allylic oxidation sites excluding steroid dienone is 3. The Kier molecular flexibility index (Phi) is 18.4. The minimum Gasteiger partial charge on any atom is -0.480 e. The highest BCUT2D eigenvalue weighted by atomic mass is 127. The fourth-order valence-corrected chi connectivity index (χ4v) is 7.00. The topological polar surface area (TPSA) is 147 Å². The van der Waals surface area contributed by atoms with Crippen LogP contribution in [0.25, 0.3) is 0 Å². The van der Waals surface area contributed by atoms with Crippen LogP contribution in [-0.4, -0.2) is 118 Å². The Morgan fingerprint density at radius 2 is 1.79 bits per heavy atom. The Bertz CT molecular complexity index is 1080. The number of methoxy groups -OCH3 is 1. The summed E-state index contributed by atoms with van der Waals surface area (Å²) in [4.78, 5) is 38.6. The maximum atomic E-state index is 12.9. The summed E-state index contributed by atoms with van der Waals surface area (Å²) in [6, 6.07) is -1.07. The van der Waals surface area contributed by atoms with Gasteiger partial charge in [0, 0.05) is 56.2 Å². The number of hydrogen-bond acceptors (Lipinski definition) is 9. The van der Waals surface area contributed by atoms with E-state index in [-0.39, 0.29) is 55.5 Å². The first-order valence-electron chi connectivity index (χ1n) is 17.3. The molecule has 13 heteroatoms. The Morgan fingerprint density at radius 3 is 2.40 bits per heavy atom. The second-order valence-corrected chi connectivity index (χ2v) is 15.4. The summed E-state index contributed by atoms with van der Waals surface area (Å²) in [6.45, 7) is 16.9. The van der Waals surface area contributed by atoms with E-state index in [1.165, 1.54) is 0 Å². The summed E-state index contributed by atoms with van der Waals surface area (Å²) in [5.74, 6) is -0.972. The number of halogens is 1. The summed E-state index contributed by atoms with van der Waals surface area (Å²) in [5.41, 5.74) is 0.647. The van der Waals surface area contributed by atoms with E-state index in [0.717, 1.165) is 37.9 Å². The lowest BCUT2D eigenvalue weighted by molar-refractivity contribution is -0.149. The monoisotopic (exact) mass is 793 g/mol. The fraction of sp³-hybridized carbons (Fsp3) is 0.800. The van der Waals surface area contributed by atoms with E-state index in [1.807, 2.05) is 33.8 Å². The van der Waals surface area contributed by atoms with Crippen molar-refractivity contribution in [1.29, 1.82) is 0 Å². The van der Waals surface area contributed by atoms with Crippen LogP contribution in [0.5, 0.6) is 0 Å². The Hall–Kier alpha value is -1.78. The predicted molar refractivity (Wildman–Crippen MR) is 193 cm³/mol. The van der Waals surface area contributed by atoms with Crippen molar-refractivity contribution in [2.45, 2.75) is 129 Å². The van der Waals surface area contributed by atoms with Gasteiger partial charge < -0.3 is 39.4 Å². The Labute approximate surface area is 301 Å². The molecule has 0 saturated carbocycles. The molecule has 12 nitrogen and oxygen atoms in total. The van der Waals surface area contributed by atoms with Gasteiger partial charge in [-0.1, -0.05) is 32.1 Å². The van der Waals surface area contributed by atoms with E-state index in [1.54, 1.807) is 18.9 Å². The largest absolute Gasteiger partial charge is 0.480 e. The van der Waals surface area contributed by atoms with Crippen LogP contribution in [0.1, 0.15) is 87.0 Å². The number of carbonyl (C=O) groups is 3. The third-order valence-corrected chi connectivity index (χ3v) is 9.93. The van der Waals surface area contributed by atoms with Crippen molar-refractivity contribution in [2.24, 2.45) is 11.8 Å². The Balaban J connectivity index is 1.82. The molecule has 0 aliphatic carbocycles. The van der Waals surface area contributed by atoms with E-state index in [2.05, 4.69) is 57.3 Å². The van der Waals surface area contributed by atoms with Crippen molar-refractivity contribution < 1.29 is 43.5 Å². The quantitative estimate of drug-likeness (QED) is 0.0740. The van der Waals surface area contributed by atoms with Crippen LogP contribution in [-0.2, 0) is 28.5 Å². The zero-order valence-corrected chi connectivity index (χ0v) is 32.3. The molecule has 2 aliphatic rings. The average Bonchev–Trinajstić information content (AvgIpc) is 2.99. The molecular weight excluding hydrogens is 733 g/mol. The molecular formula is C35H60IN3O9. The number of carbonyl (C=O) groups excluding carboxylic acids is 2. The van der Waals surface area contributed by atoms with Crippen molar-refractivity contribution in [3.8, 4) is 0 Å². The van der Waals surface area contributed by atoms with Crippen molar-refractivity contribution in [1.82, 2.24) is 13.3 Å². The molecule has 0 aromatic rings. The van der Waals surface area contributed by atoms with Crippen molar-refractivity contribution in [3.05, 3.63) is 23.8 Å². The van der Waals surface area contributed by atoms with Crippen molar-refractivity contribution in [3.63, 3.8) is 0 Å². The summed E-state index contributed by atoms with van der Waals surface area (Å²) >= 11 is 2.23. The van der Waals surface area contributed by atoms with Gasteiger partial charge >= 0.3 is 12.1 Å². The van der Waals surface area contributed by atoms with Gasteiger partial charge in [-0.2, -0.15) is 0 Å². The van der Waals surface area contributed by atoms with Crippen LogP contribution in [0.3, 0.4) is 0 Å². The number of ether oxygens (including phenoxy) is 4. The molecule has 2 heterocycles. The number of amides is 2. The maximum Gasteiger partial charge on any atom is 0.409 e.